The standard InChI is InChI=1S/C42H60N8O5/c1-4-5-20-34(40(54)48(3)26-30-16-10-7-11-17-30)46-39(53)37-33-19-13-12-18-32(33)27-50(37)41(55)36(31-21-23-49(24-22-31)42(43)44)47-38(52)35(45-28(2)51)25-29-14-8-6-9-15-29/h7,10-13,16-19,29,31,34-37H,4-6,8-9,14-15,20-27H2,1-3H3,(H3,43,44)(H,45,51)(H,46,53)(H,47,52)/t34-,35-,36-,37-/m0/s1. The summed E-state index contributed by atoms with van der Waals surface area (Å²) in [4.78, 5) is 74.8. The van der Waals surface area contributed by atoms with E-state index in [1.165, 1.54) is 11.8 Å². The second-order valence-electron chi connectivity index (χ2n) is 15.6. The van der Waals surface area contributed by atoms with E-state index in [1.807, 2.05) is 61.5 Å². The van der Waals surface area contributed by atoms with Crippen molar-refractivity contribution in [2.24, 2.45) is 17.6 Å². The molecule has 1 aliphatic carbocycles. The van der Waals surface area contributed by atoms with Crippen molar-refractivity contribution >= 4 is 35.5 Å². The third kappa shape index (κ3) is 10.9. The number of hydrogen-bond donors (Lipinski definition) is 5. The lowest BCUT2D eigenvalue weighted by Gasteiger charge is -2.39. The number of hydrogen-bond acceptors (Lipinski definition) is 6. The number of nitrogens with two attached hydrogens (primary N) is 1. The number of likely N-dealkylation sites (tertiary alicyclic amines) is 1. The van der Waals surface area contributed by atoms with Gasteiger partial charge in [-0.15, -0.1) is 0 Å². The molecular formula is C42H60N8O5. The summed E-state index contributed by atoms with van der Waals surface area (Å²) in [5, 5.41) is 16.9. The first-order chi connectivity index (χ1) is 26.5. The number of unbranched alkanes of at least 4 members (excludes halogenated alkanes) is 1. The summed E-state index contributed by atoms with van der Waals surface area (Å²) in [5.41, 5.74) is 8.28. The zero-order chi connectivity index (χ0) is 39.5. The molecular weight excluding hydrogens is 697 g/mol. The molecule has 2 heterocycles. The van der Waals surface area contributed by atoms with Crippen molar-refractivity contribution in [1.29, 1.82) is 5.41 Å². The number of guanidine groups is 1. The highest BCUT2D eigenvalue weighted by molar-refractivity contribution is 5.97. The highest BCUT2D eigenvalue weighted by Gasteiger charge is 2.45. The fourth-order valence-corrected chi connectivity index (χ4v) is 8.51. The molecule has 3 aliphatic rings. The van der Waals surface area contributed by atoms with Crippen LogP contribution in [0.3, 0.4) is 0 Å². The van der Waals surface area contributed by atoms with Crippen molar-refractivity contribution in [1.82, 2.24) is 30.7 Å². The molecule has 0 spiro atoms. The minimum atomic E-state index is -1.02. The van der Waals surface area contributed by atoms with E-state index in [2.05, 4.69) is 16.0 Å². The number of nitrogens with one attached hydrogen (secondary N) is 4. The lowest BCUT2D eigenvalue weighted by atomic mass is 9.84. The first kappa shape index (κ1) is 41.2. The summed E-state index contributed by atoms with van der Waals surface area (Å²) >= 11 is 0. The van der Waals surface area contributed by atoms with E-state index in [4.69, 9.17) is 11.1 Å². The van der Waals surface area contributed by atoms with Crippen LogP contribution in [0.5, 0.6) is 0 Å². The van der Waals surface area contributed by atoms with Crippen LogP contribution in [0.4, 0.5) is 0 Å². The Kier molecular flexibility index (Phi) is 14.7. The Bertz CT molecular complexity index is 1660. The van der Waals surface area contributed by atoms with E-state index in [9.17, 15) is 19.2 Å². The van der Waals surface area contributed by atoms with Gasteiger partial charge >= 0.3 is 0 Å². The van der Waals surface area contributed by atoms with Crippen LogP contribution in [0.15, 0.2) is 54.6 Å². The molecule has 5 rings (SSSR count). The smallest absolute Gasteiger partial charge is 0.248 e. The largest absolute Gasteiger partial charge is 0.370 e. The third-order valence-electron chi connectivity index (χ3n) is 11.5. The SMILES string of the molecule is CCCC[C@H](NC(=O)[C@@H]1c2ccccc2CN1C(=O)[C@@H](NC(=O)[C@H](CC1CCCCC1)NC(C)=O)C1CCN(C(=N)N)CC1)C(=O)N(C)Cc1ccccc1. The predicted octanol–water partition coefficient (Wildman–Crippen LogP) is 3.97. The normalized spacial score (nSPS) is 19.1. The average Bonchev–Trinajstić information content (AvgIpc) is 3.58. The maximum Gasteiger partial charge on any atom is 0.248 e. The number of carbonyl (C=O) groups is 5. The van der Waals surface area contributed by atoms with Crippen LogP contribution in [0.2, 0.25) is 0 Å². The summed E-state index contributed by atoms with van der Waals surface area (Å²) in [7, 11) is 1.73. The molecule has 2 fully saturated rings. The molecule has 2 aromatic rings. The number of piperidine rings is 1. The van der Waals surface area contributed by atoms with Gasteiger partial charge in [0, 0.05) is 40.2 Å². The summed E-state index contributed by atoms with van der Waals surface area (Å²) < 4.78 is 0. The lowest BCUT2D eigenvalue weighted by Crippen LogP contribution is -2.59. The van der Waals surface area contributed by atoms with Crippen LogP contribution < -0.4 is 21.7 Å². The monoisotopic (exact) mass is 756 g/mol. The first-order valence-electron chi connectivity index (χ1n) is 20.1. The maximum absolute atomic E-state index is 15.0. The number of benzene rings is 2. The molecule has 0 radical (unpaired) electrons. The molecule has 1 saturated carbocycles. The number of amides is 5. The molecule has 298 valence electrons. The Hall–Kier alpha value is -4.94. The molecule has 2 aliphatic heterocycles. The summed E-state index contributed by atoms with van der Waals surface area (Å²) in [6.07, 6.45) is 8.78. The van der Waals surface area contributed by atoms with Gasteiger partial charge in [-0.2, -0.15) is 0 Å². The molecule has 55 heavy (non-hydrogen) atoms. The Morgan fingerprint density at radius 2 is 1.56 bits per heavy atom. The van der Waals surface area contributed by atoms with Gasteiger partial charge in [0.25, 0.3) is 0 Å². The van der Waals surface area contributed by atoms with Crippen LogP contribution >= 0.6 is 0 Å². The van der Waals surface area contributed by atoms with Gasteiger partial charge in [-0.05, 0) is 54.2 Å². The Morgan fingerprint density at radius 1 is 0.891 bits per heavy atom. The molecule has 13 nitrogen and oxygen atoms in total. The number of carbonyl (C=O) groups excluding carboxylic acids is 5. The van der Waals surface area contributed by atoms with Gasteiger partial charge < -0.3 is 36.4 Å². The average molecular weight is 757 g/mol. The Morgan fingerprint density at radius 3 is 2.22 bits per heavy atom. The number of rotatable bonds is 15. The Labute approximate surface area is 325 Å². The second kappa shape index (κ2) is 19.6. The first-order valence-corrected chi connectivity index (χ1v) is 20.1. The maximum atomic E-state index is 15.0. The van der Waals surface area contributed by atoms with Crippen LogP contribution in [-0.4, -0.2) is 88.5 Å². The predicted molar refractivity (Wildman–Crippen MR) is 211 cm³/mol. The van der Waals surface area contributed by atoms with Gasteiger partial charge in [-0.25, -0.2) is 0 Å². The van der Waals surface area contributed by atoms with Crippen LogP contribution in [-0.2, 0) is 37.1 Å². The van der Waals surface area contributed by atoms with Gasteiger partial charge in [-0.3, -0.25) is 29.4 Å². The van der Waals surface area contributed by atoms with E-state index in [-0.39, 0.29) is 30.2 Å². The van der Waals surface area contributed by atoms with Crippen LogP contribution in [0.1, 0.15) is 107 Å². The van der Waals surface area contributed by atoms with Crippen molar-refractivity contribution in [2.75, 3.05) is 20.1 Å². The van der Waals surface area contributed by atoms with Gasteiger partial charge in [0.05, 0.1) is 0 Å². The molecule has 0 unspecified atom stereocenters. The quantitative estimate of drug-likeness (QED) is 0.135. The van der Waals surface area contributed by atoms with E-state index in [0.29, 0.717) is 56.8 Å². The summed E-state index contributed by atoms with van der Waals surface area (Å²) in [6, 6.07) is 13.5. The topological polar surface area (TPSA) is 181 Å². The highest BCUT2D eigenvalue weighted by atomic mass is 16.2. The molecule has 13 heteroatoms. The Balaban J connectivity index is 1.41. The van der Waals surface area contributed by atoms with Crippen molar-refractivity contribution in [3.8, 4) is 0 Å². The van der Waals surface area contributed by atoms with Crippen molar-refractivity contribution < 1.29 is 24.0 Å². The van der Waals surface area contributed by atoms with Gasteiger partial charge in [0.15, 0.2) is 5.96 Å². The molecule has 4 atom stereocenters. The van der Waals surface area contributed by atoms with Crippen molar-refractivity contribution in [3.63, 3.8) is 0 Å². The molecule has 0 aromatic heterocycles. The number of fused-ring (bicyclic) bond motifs is 1. The summed E-state index contributed by atoms with van der Waals surface area (Å²) in [5.74, 6) is -1.86. The van der Waals surface area contributed by atoms with E-state index in [1.54, 1.807) is 16.8 Å². The van der Waals surface area contributed by atoms with Gasteiger partial charge in [-0.1, -0.05) is 106 Å². The fourth-order valence-electron chi connectivity index (χ4n) is 8.51. The number of nitrogens with zero attached hydrogens (tertiary/aromatic N) is 3. The van der Waals surface area contributed by atoms with Crippen LogP contribution in [0.25, 0.3) is 0 Å². The molecule has 2 aromatic carbocycles. The molecule has 5 amide bonds. The minimum absolute atomic E-state index is 0.0446. The zero-order valence-corrected chi connectivity index (χ0v) is 32.7. The van der Waals surface area contributed by atoms with E-state index >= 15 is 4.79 Å². The van der Waals surface area contributed by atoms with Crippen molar-refractivity contribution in [2.45, 2.75) is 122 Å². The van der Waals surface area contributed by atoms with E-state index in [0.717, 1.165) is 56.1 Å². The van der Waals surface area contributed by atoms with Crippen molar-refractivity contribution in [3.05, 3.63) is 71.3 Å². The van der Waals surface area contributed by atoms with E-state index < -0.39 is 41.9 Å². The van der Waals surface area contributed by atoms with Crippen LogP contribution in [0, 0.1) is 17.2 Å². The minimum Gasteiger partial charge on any atom is -0.370 e. The highest BCUT2D eigenvalue weighted by Crippen LogP contribution is 2.36. The molecule has 6 N–H and O–H groups in total. The van der Waals surface area contributed by atoms with Gasteiger partial charge in [0.2, 0.25) is 29.5 Å². The molecule has 1 saturated heterocycles. The fraction of sp³-hybridized carbons (Fsp3) is 0.571. The summed E-state index contributed by atoms with van der Waals surface area (Å²) in [6.45, 7) is 4.86. The number of likely N-dealkylation sites (N-methyl/N-ethyl adjacent to an activating group) is 1. The molecule has 0 bridgehead atoms. The second-order valence-corrected chi connectivity index (χ2v) is 15.6. The lowest BCUT2D eigenvalue weighted by molar-refractivity contribution is -0.146. The van der Waals surface area contributed by atoms with Gasteiger partial charge in [0.1, 0.15) is 24.2 Å². The zero-order valence-electron chi connectivity index (χ0n) is 32.7. The third-order valence-corrected chi connectivity index (χ3v) is 11.5.